The lowest BCUT2D eigenvalue weighted by atomic mass is 10.2. The minimum atomic E-state index is -0.296. The quantitative estimate of drug-likeness (QED) is 0.399. The molecule has 0 bridgehead atoms. The van der Waals surface area contributed by atoms with E-state index in [-0.39, 0.29) is 11.0 Å². The maximum atomic E-state index is 9.99. The van der Waals surface area contributed by atoms with E-state index in [0.29, 0.717) is 5.92 Å². The molecule has 0 heterocycles. The molecule has 0 aromatic heterocycles. The fraction of sp³-hybridized carbons (Fsp3) is 1.00. The topological polar surface area (TPSA) is 43.1 Å². The van der Waals surface area contributed by atoms with Crippen molar-refractivity contribution in [2.75, 3.05) is 0 Å². The summed E-state index contributed by atoms with van der Waals surface area (Å²) >= 11 is 0. The lowest BCUT2D eigenvalue weighted by molar-refractivity contribution is -0.522. The molecule has 0 saturated heterocycles. The maximum absolute atomic E-state index is 9.99. The number of nitro groups is 1. The molecular formula is C5H9NO2. The highest BCUT2D eigenvalue weighted by Crippen LogP contribution is 2.33. The van der Waals surface area contributed by atoms with Crippen molar-refractivity contribution >= 4 is 0 Å². The van der Waals surface area contributed by atoms with E-state index >= 15 is 0 Å². The molecule has 1 rings (SSSR count). The second kappa shape index (κ2) is 1.73. The van der Waals surface area contributed by atoms with Crippen LogP contribution in [0.4, 0.5) is 0 Å². The summed E-state index contributed by atoms with van der Waals surface area (Å²) in [6.07, 6.45) is 2.12. The van der Waals surface area contributed by atoms with E-state index in [1.165, 1.54) is 0 Å². The summed E-state index contributed by atoms with van der Waals surface area (Å²) in [5.74, 6) is 0.394. The molecule has 1 aliphatic carbocycles. The van der Waals surface area contributed by atoms with E-state index in [9.17, 15) is 10.1 Å². The van der Waals surface area contributed by atoms with Gasteiger partial charge >= 0.3 is 0 Å². The van der Waals surface area contributed by atoms with Crippen molar-refractivity contribution in [3.8, 4) is 0 Å². The zero-order valence-electron chi connectivity index (χ0n) is 4.83. The smallest absolute Gasteiger partial charge is 0.213 e. The van der Waals surface area contributed by atoms with Gasteiger partial charge in [-0.3, -0.25) is 10.1 Å². The van der Waals surface area contributed by atoms with Crippen molar-refractivity contribution in [1.82, 2.24) is 0 Å². The molecule has 8 heavy (non-hydrogen) atoms. The van der Waals surface area contributed by atoms with Crippen molar-refractivity contribution in [3.63, 3.8) is 0 Å². The highest BCUT2D eigenvalue weighted by Gasteiger charge is 2.35. The van der Waals surface area contributed by atoms with Gasteiger partial charge in [0.05, 0.1) is 0 Å². The van der Waals surface area contributed by atoms with Gasteiger partial charge in [-0.1, -0.05) is 0 Å². The first kappa shape index (κ1) is 5.54. The van der Waals surface area contributed by atoms with Crippen molar-refractivity contribution in [2.45, 2.75) is 25.8 Å². The molecule has 0 aromatic rings. The molecule has 0 aromatic carbocycles. The molecule has 46 valence electrons. The molecule has 1 unspecified atom stereocenters. The van der Waals surface area contributed by atoms with Crippen LogP contribution in [0.3, 0.4) is 0 Å². The molecule has 1 saturated carbocycles. The summed E-state index contributed by atoms with van der Waals surface area (Å²) in [6.45, 7) is 1.68. The molecular weight excluding hydrogens is 106 g/mol. The summed E-state index contributed by atoms with van der Waals surface area (Å²) in [6, 6.07) is -0.296. The summed E-state index contributed by atoms with van der Waals surface area (Å²) in [7, 11) is 0. The lowest BCUT2D eigenvalue weighted by Crippen LogP contribution is -2.16. The van der Waals surface area contributed by atoms with Gasteiger partial charge in [0.2, 0.25) is 6.04 Å². The van der Waals surface area contributed by atoms with Gasteiger partial charge in [-0.05, 0) is 12.8 Å². The minimum absolute atomic E-state index is 0.197. The highest BCUT2D eigenvalue weighted by molar-refractivity contribution is 4.77. The monoisotopic (exact) mass is 115 g/mol. The Morgan fingerprint density at radius 2 is 2.25 bits per heavy atom. The summed E-state index contributed by atoms with van der Waals surface area (Å²) in [4.78, 5) is 9.79. The normalized spacial score (nSPS) is 22.6. The first-order valence-electron chi connectivity index (χ1n) is 2.85. The number of hydrogen-bond donors (Lipinski definition) is 0. The van der Waals surface area contributed by atoms with Gasteiger partial charge < -0.3 is 0 Å². The maximum Gasteiger partial charge on any atom is 0.213 e. The zero-order chi connectivity index (χ0) is 6.15. The Hall–Kier alpha value is -0.600. The van der Waals surface area contributed by atoms with E-state index in [1.807, 2.05) is 0 Å². The first-order valence-corrected chi connectivity index (χ1v) is 2.85. The molecule has 1 atom stereocenters. The van der Waals surface area contributed by atoms with Crippen LogP contribution in [0, 0.1) is 16.0 Å². The fourth-order valence-electron chi connectivity index (χ4n) is 0.751. The minimum Gasteiger partial charge on any atom is -0.264 e. The highest BCUT2D eigenvalue weighted by atomic mass is 16.6. The predicted molar refractivity (Wildman–Crippen MR) is 29.2 cm³/mol. The van der Waals surface area contributed by atoms with Crippen LogP contribution in [0.1, 0.15) is 19.8 Å². The van der Waals surface area contributed by atoms with Crippen LogP contribution < -0.4 is 0 Å². The van der Waals surface area contributed by atoms with E-state index in [1.54, 1.807) is 6.92 Å². The van der Waals surface area contributed by atoms with Gasteiger partial charge in [-0.25, -0.2) is 0 Å². The molecule has 0 spiro atoms. The first-order chi connectivity index (χ1) is 3.72. The number of rotatable bonds is 2. The summed E-state index contributed by atoms with van der Waals surface area (Å²) in [5, 5.41) is 9.99. The molecule has 3 nitrogen and oxygen atoms in total. The molecule has 3 heteroatoms. The van der Waals surface area contributed by atoms with Crippen LogP contribution in [0.2, 0.25) is 0 Å². The van der Waals surface area contributed by atoms with Crippen molar-refractivity contribution in [1.29, 1.82) is 0 Å². The third kappa shape index (κ3) is 0.967. The molecule has 0 N–H and O–H groups in total. The van der Waals surface area contributed by atoms with Gasteiger partial charge in [0.25, 0.3) is 0 Å². The van der Waals surface area contributed by atoms with Gasteiger partial charge in [-0.2, -0.15) is 0 Å². The van der Waals surface area contributed by atoms with E-state index < -0.39 is 0 Å². The van der Waals surface area contributed by atoms with Gasteiger partial charge in [0.15, 0.2) is 0 Å². The number of nitrogens with zero attached hydrogens (tertiary/aromatic N) is 1. The summed E-state index contributed by atoms with van der Waals surface area (Å²) in [5.41, 5.74) is 0. The standard InChI is InChI=1S/C5H9NO2/c1-4(6(7)8)5-2-3-5/h4-5H,2-3H2,1H3. The van der Waals surface area contributed by atoms with Crippen LogP contribution in [-0.2, 0) is 0 Å². The van der Waals surface area contributed by atoms with Crippen molar-refractivity contribution in [3.05, 3.63) is 10.1 Å². The average molecular weight is 115 g/mol. The second-order valence-electron chi connectivity index (χ2n) is 2.36. The Morgan fingerprint density at radius 1 is 1.75 bits per heavy atom. The Kier molecular flexibility index (Phi) is 1.19. The van der Waals surface area contributed by atoms with Crippen LogP contribution in [0.5, 0.6) is 0 Å². The van der Waals surface area contributed by atoms with E-state index in [4.69, 9.17) is 0 Å². The van der Waals surface area contributed by atoms with Gasteiger partial charge in [0.1, 0.15) is 0 Å². The van der Waals surface area contributed by atoms with Gasteiger partial charge in [0, 0.05) is 17.8 Å². The zero-order valence-corrected chi connectivity index (χ0v) is 4.83. The fourth-order valence-corrected chi connectivity index (χ4v) is 0.751. The van der Waals surface area contributed by atoms with E-state index in [0.717, 1.165) is 12.8 Å². The number of hydrogen-bond acceptors (Lipinski definition) is 2. The van der Waals surface area contributed by atoms with Gasteiger partial charge in [-0.15, -0.1) is 0 Å². The Morgan fingerprint density at radius 3 is 2.38 bits per heavy atom. The lowest BCUT2D eigenvalue weighted by Gasteiger charge is -1.96. The van der Waals surface area contributed by atoms with Crippen molar-refractivity contribution in [2.24, 2.45) is 5.92 Å². The third-order valence-electron chi connectivity index (χ3n) is 1.64. The van der Waals surface area contributed by atoms with Crippen LogP contribution in [-0.4, -0.2) is 11.0 Å². The molecule has 0 amide bonds. The second-order valence-corrected chi connectivity index (χ2v) is 2.36. The SMILES string of the molecule is CC(C1CC1)[N+](=O)[O-]. The van der Waals surface area contributed by atoms with Crippen LogP contribution >= 0.6 is 0 Å². The molecule has 1 fully saturated rings. The molecule has 0 aliphatic heterocycles. The molecule has 1 aliphatic rings. The average Bonchev–Trinajstić information content (AvgIpc) is 2.43. The van der Waals surface area contributed by atoms with E-state index in [2.05, 4.69) is 0 Å². The van der Waals surface area contributed by atoms with Crippen molar-refractivity contribution < 1.29 is 4.92 Å². The Balaban J connectivity index is 2.32. The van der Waals surface area contributed by atoms with Crippen LogP contribution in [0.25, 0.3) is 0 Å². The summed E-state index contributed by atoms with van der Waals surface area (Å²) < 4.78 is 0. The Labute approximate surface area is 47.8 Å². The predicted octanol–water partition coefficient (Wildman–Crippen LogP) is 1.06. The third-order valence-corrected chi connectivity index (χ3v) is 1.64. The largest absolute Gasteiger partial charge is 0.264 e. The van der Waals surface area contributed by atoms with Crippen LogP contribution in [0.15, 0.2) is 0 Å². The Bertz CT molecular complexity index is 109. The molecule has 0 radical (unpaired) electrons.